The fourth-order valence-corrected chi connectivity index (χ4v) is 0.924. The molecule has 0 spiro atoms. The van der Waals surface area contributed by atoms with Crippen LogP contribution >= 0.6 is 0 Å². The van der Waals surface area contributed by atoms with Crippen molar-refractivity contribution in [3.8, 4) is 0 Å². The van der Waals surface area contributed by atoms with E-state index in [1.54, 1.807) is 18.2 Å². The highest BCUT2D eigenvalue weighted by molar-refractivity contribution is 7.79. The molecule has 0 fully saturated rings. The molecule has 0 aliphatic rings. The molecule has 0 aliphatic carbocycles. The van der Waals surface area contributed by atoms with Crippen molar-refractivity contribution in [2.75, 3.05) is 5.32 Å². The molecule has 0 unspecified atom stereocenters. The lowest BCUT2D eigenvalue weighted by Gasteiger charge is -2.06. The number of anilines is 1. The molecule has 20 heavy (non-hydrogen) atoms. The molecular formula is C10H19N3O6S. The molecule has 1 aromatic rings. The first-order valence-electron chi connectivity index (χ1n) is 4.24. The zero-order chi connectivity index (χ0) is 14.3. The summed E-state index contributed by atoms with van der Waals surface area (Å²) in [5, 5.41) is 18.1. The van der Waals surface area contributed by atoms with Crippen molar-refractivity contribution in [2.24, 2.45) is 5.73 Å². The predicted octanol–water partition coefficient (Wildman–Crippen LogP) is 1.31. The quantitative estimate of drug-likeness (QED) is 0.269. The second-order valence-corrected chi connectivity index (χ2v) is 3.73. The maximum absolute atomic E-state index is 10.7. The second-order valence-electron chi connectivity index (χ2n) is 2.84. The lowest BCUT2D eigenvalue weighted by molar-refractivity contribution is 0.0698. The Hall–Kier alpha value is -2.17. The summed E-state index contributed by atoms with van der Waals surface area (Å²) in [6.45, 7) is 0. The third kappa shape index (κ3) is 12.3. The number of carboxylic acid groups (broad SMARTS) is 1. The summed E-state index contributed by atoms with van der Waals surface area (Å²) in [7, 11) is -4.67. The van der Waals surface area contributed by atoms with Gasteiger partial charge in [0.2, 0.25) is 0 Å². The predicted molar refractivity (Wildman–Crippen MR) is 76.6 cm³/mol. The molecule has 0 saturated carbocycles. The van der Waals surface area contributed by atoms with Gasteiger partial charge in [-0.3, -0.25) is 14.5 Å². The van der Waals surface area contributed by atoms with E-state index in [2.05, 4.69) is 5.32 Å². The third-order valence-corrected chi connectivity index (χ3v) is 1.43. The Morgan fingerprint density at radius 1 is 1.20 bits per heavy atom. The largest absolute Gasteiger partial charge is 0.478 e. The average molecular weight is 309 g/mol. The Balaban J connectivity index is -0.000000361. The Bertz CT molecular complexity index is 536. The standard InChI is InChI=1S/C8H9N3O2.2CH4.H2O4S/c9-8(10)11-6-4-2-1-3-5(6)7(12)13;;;1-5(2,3)4/h1-4H,(H,12,13)(H4,9,10,11);2*1H4;(H2,1,2,3,4). The van der Waals surface area contributed by atoms with Gasteiger partial charge in [-0.25, -0.2) is 4.79 Å². The van der Waals surface area contributed by atoms with Gasteiger partial charge in [0.25, 0.3) is 0 Å². The van der Waals surface area contributed by atoms with Crippen molar-refractivity contribution >= 4 is 28.0 Å². The fourth-order valence-electron chi connectivity index (χ4n) is 0.924. The molecule has 1 aromatic carbocycles. The molecule has 0 saturated heterocycles. The maximum atomic E-state index is 10.7. The van der Waals surface area contributed by atoms with Crippen LogP contribution in [0.5, 0.6) is 0 Å². The van der Waals surface area contributed by atoms with Gasteiger partial charge in [0, 0.05) is 0 Å². The molecule has 0 amide bonds. The molecule has 0 bridgehead atoms. The molecule has 0 aliphatic heterocycles. The van der Waals surface area contributed by atoms with Gasteiger partial charge in [-0.2, -0.15) is 8.42 Å². The van der Waals surface area contributed by atoms with Crippen molar-refractivity contribution < 1.29 is 27.4 Å². The first kappa shape index (κ1) is 23.0. The summed E-state index contributed by atoms with van der Waals surface area (Å²) in [5.74, 6) is -1.34. The van der Waals surface area contributed by atoms with Gasteiger partial charge in [-0.1, -0.05) is 27.0 Å². The van der Waals surface area contributed by atoms with E-state index in [0.717, 1.165) is 0 Å². The summed E-state index contributed by atoms with van der Waals surface area (Å²) >= 11 is 0. The van der Waals surface area contributed by atoms with Crippen LogP contribution in [0.2, 0.25) is 0 Å². The number of rotatable bonds is 2. The van der Waals surface area contributed by atoms with E-state index in [-0.39, 0.29) is 26.4 Å². The Morgan fingerprint density at radius 2 is 1.60 bits per heavy atom. The molecule has 10 heteroatoms. The van der Waals surface area contributed by atoms with Gasteiger partial charge >= 0.3 is 16.4 Å². The van der Waals surface area contributed by atoms with Crippen molar-refractivity contribution in [1.29, 1.82) is 5.41 Å². The van der Waals surface area contributed by atoms with E-state index in [1.807, 2.05) is 0 Å². The maximum Gasteiger partial charge on any atom is 0.394 e. The van der Waals surface area contributed by atoms with E-state index >= 15 is 0 Å². The smallest absolute Gasteiger partial charge is 0.394 e. The number of aromatic carboxylic acids is 1. The van der Waals surface area contributed by atoms with E-state index in [1.165, 1.54) is 6.07 Å². The van der Waals surface area contributed by atoms with Gasteiger partial charge in [-0.15, -0.1) is 0 Å². The third-order valence-electron chi connectivity index (χ3n) is 1.43. The monoisotopic (exact) mass is 309 g/mol. The van der Waals surface area contributed by atoms with Crippen LogP contribution in [0.3, 0.4) is 0 Å². The lowest BCUT2D eigenvalue weighted by Crippen LogP contribution is -2.21. The van der Waals surface area contributed by atoms with Crippen LogP contribution in [-0.2, 0) is 10.4 Å². The van der Waals surface area contributed by atoms with Crippen molar-refractivity contribution in [3.63, 3.8) is 0 Å². The van der Waals surface area contributed by atoms with Gasteiger partial charge < -0.3 is 16.2 Å². The van der Waals surface area contributed by atoms with Crippen LogP contribution in [0.1, 0.15) is 25.2 Å². The second kappa shape index (κ2) is 9.72. The Labute approximate surface area is 117 Å². The van der Waals surface area contributed by atoms with Gasteiger partial charge in [0.05, 0.1) is 11.3 Å². The van der Waals surface area contributed by atoms with Gasteiger partial charge in [-0.05, 0) is 12.1 Å². The molecule has 116 valence electrons. The number of carbonyl (C=O) groups is 1. The zero-order valence-electron chi connectivity index (χ0n) is 8.86. The summed E-state index contributed by atoms with van der Waals surface area (Å²) in [6, 6.07) is 6.25. The summed E-state index contributed by atoms with van der Waals surface area (Å²) in [6.07, 6.45) is 0. The molecule has 0 aromatic heterocycles. The van der Waals surface area contributed by atoms with Gasteiger partial charge in [0.1, 0.15) is 0 Å². The van der Waals surface area contributed by atoms with E-state index < -0.39 is 16.4 Å². The van der Waals surface area contributed by atoms with Crippen LogP contribution in [-0.4, -0.2) is 34.6 Å². The van der Waals surface area contributed by atoms with E-state index in [9.17, 15) is 4.79 Å². The zero-order valence-corrected chi connectivity index (χ0v) is 9.68. The first-order chi connectivity index (χ1) is 8.11. The van der Waals surface area contributed by atoms with Crippen LogP contribution in [0.15, 0.2) is 24.3 Å². The molecule has 0 atom stereocenters. The number of nitrogens with two attached hydrogens (primary N) is 1. The molecule has 0 radical (unpaired) electrons. The SMILES string of the molecule is C.C.N=C(N)Nc1ccccc1C(=O)O.O=S(=O)(O)O. The molecule has 7 N–H and O–H groups in total. The highest BCUT2D eigenvalue weighted by Gasteiger charge is 2.08. The van der Waals surface area contributed by atoms with E-state index in [0.29, 0.717) is 5.69 Å². The highest BCUT2D eigenvalue weighted by atomic mass is 32.3. The molecule has 9 nitrogen and oxygen atoms in total. The van der Waals surface area contributed by atoms with Crippen molar-refractivity contribution in [2.45, 2.75) is 14.9 Å². The number of benzene rings is 1. The fraction of sp³-hybridized carbons (Fsp3) is 0.200. The number of hydrogen-bond acceptors (Lipinski definition) is 4. The Kier molecular flexibility index (Phi) is 11.2. The van der Waals surface area contributed by atoms with E-state index in [4.69, 9.17) is 33.8 Å². The van der Waals surface area contributed by atoms with Gasteiger partial charge in [0.15, 0.2) is 5.96 Å². The number of carboxylic acids is 1. The number of para-hydroxylation sites is 1. The minimum absolute atomic E-state index is 0. The highest BCUT2D eigenvalue weighted by Crippen LogP contribution is 2.13. The molecular weight excluding hydrogens is 290 g/mol. The summed E-state index contributed by atoms with van der Waals surface area (Å²) in [5.41, 5.74) is 5.49. The first-order valence-corrected chi connectivity index (χ1v) is 5.64. The lowest BCUT2D eigenvalue weighted by atomic mass is 10.2. The van der Waals surface area contributed by atoms with Crippen molar-refractivity contribution in [3.05, 3.63) is 29.8 Å². The summed E-state index contributed by atoms with van der Waals surface area (Å²) < 4.78 is 31.6. The topological polar surface area (TPSA) is 174 Å². The van der Waals surface area contributed by atoms with Crippen LogP contribution in [0, 0.1) is 5.41 Å². The number of hydrogen-bond donors (Lipinski definition) is 6. The van der Waals surface area contributed by atoms with Crippen molar-refractivity contribution in [1.82, 2.24) is 0 Å². The number of guanidine groups is 1. The average Bonchev–Trinajstić information content (AvgIpc) is 2.14. The van der Waals surface area contributed by atoms with Crippen LogP contribution in [0.4, 0.5) is 5.69 Å². The van der Waals surface area contributed by atoms with Crippen LogP contribution < -0.4 is 11.1 Å². The number of nitrogens with one attached hydrogen (secondary N) is 2. The normalized spacial score (nSPS) is 8.90. The Morgan fingerprint density at radius 3 is 1.95 bits per heavy atom. The molecule has 1 rings (SSSR count). The minimum Gasteiger partial charge on any atom is -0.478 e. The van der Waals surface area contributed by atoms with Crippen LogP contribution in [0.25, 0.3) is 0 Å². The molecule has 0 heterocycles. The summed E-state index contributed by atoms with van der Waals surface area (Å²) in [4.78, 5) is 10.7. The minimum atomic E-state index is -4.67.